The first kappa shape index (κ1) is 15.8. The van der Waals surface area contributed by atoms with Crippen LogP contribution < -0.4 is 10.9 Å². The maximum atomic E-state index is 12.5. The molecule has 0 radical (unpaired) electrons. The molecule has 5 nitrogen and oxygen atoms in total. The summed E-state index contributed by atoms with van der Waals surface area (Å²) < 4.78 is 1.34. The maximum absolute atomic E-state index is 12.5. The zero-order valence-corrected chi connectivity index (χ0v) is 14.2. The van der Waals surface area contributed by atoms with Crippen LogP contribution in [0.15, 0.2) is 53.6 Å². The summed E-state index contributed by atoms with van der Waals surface area (Å²) in [6, 6.07) is 12.8. The summed E-state index contributed by atoms with van der Waals surface area (Å²) in [5.74, 6) is -0.202. The van der Waals surface area contributed by atoms with Gasteiger partial charge in [0.25, 0.3) is 5.56 Å². The van der Waals surface area contributed by atoms with Gasteiger partial charge in [0.1, 0.15) is 6.54 Å². The molecule has 1 heterocycles. The van der Waals surface area contributed by atoms with Crippen molar-refractivity contribution in [2.45, 2.75) is 25.4 Å². The van der Waals surface area contributed by atoms with E-state index < -0.39 is 0 Å². The van der Waals surface area contributed by atoms with Crippen LogP contribution in [0.4, 0.5) is 0 Å². The Kier molecular flexibility index (Phi) is 4.01. The molecule has 0 aliphatic heterocycles. The van der Waals surface area contributed by atoms with Crippen molar-refractivity contribution in [3.63, 3.8) is 0 Å². The van der Waals surface area contributed by atoms with Gasteiger partial charge in [-0.25, -0.2) is 4.98 Å². The molecule has 1 atom stereocenters. The fraction of sp³-hybridized carbons (Fsp3) is 0.211. The zero-order valence-electron chi connectivity index (χ0n) is 13.4. The number of hydrogen-bond donors (Lipinski definition) is 1. The highest BCUT2D eigenvalue weighted by Gasteiger charge is 2.24. The summed E-state index contributed by atoms with van der Waals surface area (Å²) in [5.41, 5.74) is 2.69. The van der Waals surface area contributed by atoms with Gasteiger partial charge in [-0.05, 0) is 48.2 Å². The Morgan fingerprint density at radius 3 is 3.00 bits per heavy atom. The molecule has 1 aromatic heterocycles. The van der Waals surface area contributed by atoms with Crippen molar-refractivity contribution >= 4 is 28.4 Å². The first-order valence-corrected chi connectivity index (χ1v) is 8.51. The molecular weight excluding hydrogens is 338 g/mol. The molecule has 0 saturated carbocycles. The van der Waals surface area contributed by atoms with E-state index in [-0.39, 0.29) is 24.1 Å². The number of benzene rings is 2. The lowest BCUT2D eigenvalue weighted by molar-refractivity contribution is -0.122. The normalized spacial score (nSPS) is 16.0. The third-order valence-electron chi connectivity index (χ3n) is 4.56. The van der Waals surface area contributed by atoms with Crippen LogP contribution in [0.25, 0.3) is 10.9 Å². The smallest absolute Gasteiger partial charge is 0.261 e. The van der Waals surface area contributed by atoms with Gasteiger partial charge >= 0.3 is 0 Å². The second-order valence-corrected chi connectivity index (χ2v) is 6.63. The average molecular weight is 354 g/mol. The van der Waals surface area contributed by atoms with E-state index in [1.807, 2.05) is 24.3 Å². The Labute approximate surface area is 149 Å². The highest BCUT2D eigenvalue weighted by molar-refractivity contribution is 6.30. The zero-order chi connectivity index (χ0) is 17.4. The lowest BCUT2D eigenvalue weighted by atomic mass is 10.1. The summed E-state index contributed by atoms with van der Waals surface area (Å²) in [5, 5.41) is 4.23. The SMILES string of the molecule is O=C(Cn1cnc2ccccc2c1=O)N[C@H]1CCc2cc(Cl)ccc21. The molecule has 25 heavy (non-hydrogen) atoms. The first-order valence-electron chi connectivity index (χ1n) is 8.14. The Bertz CT molecular complexity index is 1030. The van der Waals surface area contributed by atoms with E-state index in [0.717, 1.165) is 18.4 Å². The predicted molar refractivity (Wildman–Crippen MR) is 96.7 cm³/mol. The highest BCUT2D eigenvalue weighted by atomic mass is 35.5. The molecule has 1 aliphatic rings. The Balaban J connectivity index is 1.52. The number of amides is 1. The van der Waals surface area contributed by atoms with E-state index in [2.05, 4.69) is 10.3 Å². The number of nitrogens with one attached hydrogen (secondary N) is 1. The summed E-state index contributed by atoms with van der Waals surface area (Å²) in [6.07, 6.45) is 3.15. The second-order valence-electron chi connectivity index (χ2n) is 6.20. The molecule has 2 aromatic carbocycles. The lowest BCUT2D eigenvalue weighted by Gasteiger charge is -2.15. The number of carbonyl (C=O) groups excluding carboxylic acids is 1. The number of para-hydroxylation sites is 1. The van der Waals surface area contributed by atoms with Crippen LogP contribution in [0.2, 0.25) is 5.02 Å². The van der Waals surface area contributed by atoms with Crippen molar-refractivity contribution in [2.24, 2.45) is 0 Å². The third kappa shape index (κ3) is 3.03. The van der Waals surface area contributed by atoms with Gasteiger partial charge in [-0.1, -0.05) is 29.8 Å². The fourth-order valence-corrected chi connectivity index (χ4v) is 3.54. The molecule has 0 saturated heterocycles. The van der Waals surface area contributed by atoms with Crippen molar-refractivity contribution < 1.29 is 4.79 Å². The van der Waals surface area contributed by atoms with Gasteiger partial charge in [-0.15, -0.1) is 0 Å². The van der Waals surface area contributed by atoms with E-state index in [9.17, 15) is 9.59 Å². The van der Waals surface area contributed by atoms with Crippen molar-refractivity contribution in [3.8, 4) is 0 Å². The van der Waals surface area contributed by atoms with E-state index in [4.69, 9.17) is 11.6 Å². The van der Waals surface area contributed by atoms with Gasteiger partial charge in [0.2, 0.25) is 5.91 Å². The summed E-state index contributed by atoms with van der Waals surface area (Å²) in [4.78, 5) is 29.1. The fourth-order valence-electron chi connectivity index (χ4n) is 3.35. The molecule has 0 fully saturated rings. The van der Waals surface area contributed by atoms with E-state index in [0.29, 0.717) is 15.9 Å². The first-order chi connectivity index (χ1) is 12.1. The summed E-state index contributed by atoms with van der Waals surface area (Å²) >= 11 is 6.02. The van der Waals surface area contributed by atoms with Crippen LogP contribution in [0, 0.1) is 0 Å². The Morgan fingerprint density at radius 1 is 1.28 bits per heavy atom. The molecule has 6 heteroatoms. The lowest BCUT2D eigenvalue weighted by Crippen LogP contribution is -2.34. The molecule has 1 amide bonds. The Hall–Kier alpha value is -2.66. The summed E-state index contributed by atoms with van der Waals surface area (Å²) in [7, 11) is 0. The monoisotopic (exact) mass is 353 g/mol. The van der Waals surface area contributed by atoms with Gasteiger partial charge in [0.05, 0.1) is 23.3 Å². The largest absolute Gasteiger partial charge is 0.348 e. The van der Waals surface area contributed by atoms with Gasteiger partial charge in [0, 0.05) is 5.02 Å². The number of carbonyl (C=O) groups is 1. The number of aromatic nitrogens is 2. The molecule has 0 spiro atoms. The van der Waals surface area contributed by atoms with E-state index in [1.54, 1.807) is 18.2 Å². The van der Waals surface area contributed by atoms with Crippen molar-refractivity contribution in [3.05, 3.63) is 75.3 Å². The summed E-state index contributed by atoms with van der Waals surface area (Å²) in [6.45, 7) is -0.0455. The predicted octanol–water partition coefficient (Wildman–Crippen LogP) is 2.85. The van der Waals surface area contributed by atoms with E-state index >= 15 is 0 Å². The minimum atomic E-state index is -0.209. The number of halogens is 1. The van der Waals surface area contributed by atoms with Crippen LogP contribution in [0.3, 0.4) is 0 Å². The quantitative estimate of drug-likeness (QED) is 0.787. The molecule has 126 valence electrons. The second kappa shape index (κ2) is 6.33. The third-order valence-corrected chi connectivity index (χ3v) is 4.80. The van der Waals surface area contributed by atoms with Crippen molar-refractivity contribution in [1.29, 1.82) is 0 Å². The van der Waals surface area contributed by atoms with Crippen LogP contribution in [0.5, 0.6) is 0 Å². The Morgan fingerprint density at radius 2 is 2.12 bits per heavy atom. The molecule has 1 N–H and O–H groups in total. The number of fused-ring (bicyclic) bond motifs is 2. The van der Waals surface area contributed by atoms with Gasteiger partial charge in [0.15, 0.2) is 0 Å². The van der Waals surface area contributed by atoms with Crippen LogP contribution in [-0.2, 0) is 17.8 Å². The molecule has 3 aromatic rings. The molecule has 0 unspecified atom stereocenters. The standard InChI is InChI=1S/C19H16ClN3O2/c20-13-6-7-14-12(9-13)5-8-17(14)22-18(24)10-23-11-21-16-4-2-1-3-15(16)19(23)25/h1-4,6-7,9,11,17H,5,8,10H2,(H,22,24)/t17-/m0/s1. The molecule has 1 aliphatic carbocycles. The highest BCUT2D eigenvalue weighted by Crippen LogP contribution is 2.32. The number of hydrogen-bond acceptors (Lipinski definition) is 3. The number of aryl methyl sites for hydroxylation is 1. The van der Waals surface area contributed by atoms with Crippen molar-refractivity contribution in [1.82, 2.24) is 14.9 Å². The molecular formula is C19H16ClN3O2. The minimum absolute atomic E-state index is 0.0381. The van der Waals surface area contributed by atoms with E-state index in [1.165, 1.54) is 16.5 Å². The van der Waals surface area contributed by atoms with Crippen molar-refractivity contribution in [2.75, 3.05) is 0 Å². The van der Waals surface area contributed by atoms with Gasteiger partial charge in [-0.3, -0.25) is 14.2 Å². The molecule has 0 bridgehead atoms. The maximum Gasteiger partial charge on any atom is 0.261 e. The van der Waals surface area contributed by atoms with Crippen LogP contribution in [-0.4, -0.2) is 15.5 Å². The van der Waals surface area contributed by atoms with Gasteiger partial charge in [-0.2, -0.15) is 0 Å². The topological polar surface area (TPSA) is 64.0 Å². The number of rotatable bonds is 3. The minimum Gasteiger partial charge on any atom is -0.348 e. The average Bonchev–Trinajstić information content (AvgIpc) is 2.99. The van der Waals surface area contributed by atoms with Crippen LogP contribution >= 0.6 is 11.6 Å². The number of nitrogens with zero attached hydrogens (tertiary/aromatic N) is 2. The van der Waals surface area contributed by atoms with Crippen LogP contribution in [0.1, 0.15) is 23.6 Å². The molecule has 4 rings (SSSR count). The van der Waals surface area contributed by atoms with Gasteiger partial charge < -0.3 is 5.32 Å².